The summed E-state index contributed by atoms with van der Waals surface area (Å²) < 4.78 is 0. The second kappa shape index (κ2) is 10.1. The van der Waals surface area contributed by atoms with E-state index in [4.69, 9.17) is 5.11 Å². The minimum absolute atomic E-state index is 0.106. The van der Waals surface area contributed by atoms with Gasteiger partial charge in [-0.25, -0.2) is 4.79 Å². The highest BCUT2D eigenvalue weighted by Gasteiger charge is 2.08. The van der Waals surface area contributed by atoms with Crippen LogP contribution in [0.15, 0.2) is 24.3 Å². The smallest absolute Gasteiger partial charge is 0.319 e. The van der Waals surface area contributed by atoms with Crippen LogP contribution in [0.5, 0.6) is 0 Å². The summed E-state index contributed by atoms with van der Waals surface area (Å²) in [6, 6.07) is 6.64. The number of amides is 2. The summed E-state index contributed by atoms with van der Waals surface area (Å²) in [5.74, 6) is 0.229. The number of carbonyl (C=O) groups excluding carboxylic acids is 1. The maximum Gasteiger partial charge on any atom is 0.319 e. The highest BCUT2D eigenvalue weighted by atomic mass is 32.2. The van der Waals surface area contributed by atoms with Gasteiger partial charge in [0.2, 0.25) is 0 Å². The number of hydrogen-bond donors (Lipinski definition) is 3. The normalized spacial score (nSPS) is 10.1. The van der Waals surface area contributed by atoms with Crippen molar-refractivity contribution < 1.29 is 14.7 Å². The van der Waals surface area contributed by atoms with Crippen LogP contribution in [-0.2, 0) is 11.2 Å². The van der Waals surface area contributed by atoms with Crippen LogP contribution in [0.1, 0.15) is 24.8 Å². The first kappa shape index (κ1) is 17.4. The molecule has 0 aliphatic heterocycles. The largest absolute Gasteiger partial charge is 0.481 e. The molecular formula is C15H22N2O3S. The minimum Gasteiger partial charge on any atom is -0.481 e. The average molecular weight is 310 g/mol. The fraction of sp³-hybridized carbons (Fsp3) is 0.467. The predicted molar refractivity (Wildman–Crippen MR) is 87.0 cm³/mol. The van der Waals surface area contributed by atoms with Crippen LogP contribution in [0.3, 0.4) is 0 Å². The van der Waals surface area contributed by atoms with Gasteiger partial charge in [0.05, 0.1) is 6.42 Å². The molecule has 0 spiro atoms. The first-order valence-electron chi connectivity index (χ1n) is 6.97. The molecule has 0 unspecified atom stereocenters. The maximum atomic E-state index is 11.8. The van der Waals surface area contributed by atoms with E-state index < -0.39 is 5.97 Å². The fourth-order valence-corrected chi connectivity index (χ4v) is 2.37. The van der Waals surface area contributed by atoms with E-state index in [0.717, 1.165) is 25.0 Å². The lowest BCUT2D eigenvalue weighted by atomic mass is 10.1. The summed E-state index contributed by atoms with van der Waals surface area (Å²) in [6.45, 7) is 0.626. The number of rotatable bonds is 9. The SMILES string of the molecule is CSCCCCCNC(=O)Nc1ccccc1CC(=O)O. The molecular weight excluding hydrogens is 288 g/mol. The number of para-hydroxylation sites is 1. The Balaban J connectivity index is 2.35. The van der Waals surface area contributed by atoms with Crippen LogP contribution >= 0.6 is 11.8 Å². The van der Waals surface area contributed by atoms with Crippen molar-refractivity contribution in [1.82, 2.24) is 5.32 Å². The van der Waals surface area contributed by atoms with E-state index >= 15 is 0 Å². The van der Waals surface area contributed by atoms with Gasteiger partial charge in [0.1, 0.15) is 0 Å². The van der Waals surface area contributed by atoms with E-state index in [1.54, 1.807) is 24.3 Å². The monoisotopic (exact) mass is 310 g/mol. The van der Waals surface area contributed by atoms with Gasteiger partial charge in [-0.3, -0.25) is 4.79 Å². The number of carboxylic acid groups (broad SMARTS) is 1. The molecule has 21 heavy (non-hydrogen) atoms. The molecule has 1 rings (SSSR count). The molecule has 5 nitrogen and oxygen atoms in total. The van der Waals surface area contributed by atoms with Crippen molar-refractivity contribution in [1.29, 1.82) is 0 Å². The van der Waals surface area contributed by atoms with Crippen LogP contribution in [0, 0.1) is 0 Å². The molecule has 0 aliphatic rings. The Kier molecular flexibility index (Phi) is 8.35. The maximum absolute atomic E-state index is 11.8. The first-order valence-corrected chi connectivity index (χ1v) is 8.36. The Morgan fingerprint density at radius 2 is 1.95 bits per heavy atom. The summed E-state index contributed by atoms with van der Waals surface area (Å²) in [4.78, 5) is 22.5. The Labute approximate surface area is 129 Å². The first-order chi connectivity index (χ1) is 10.1. The number of urea groups is 1. The number of aliphatic carboxylic acids is 1. The van der Waals surface area contributed by atoms with Crippen molar-refractivity contribution in [2.45, 2.75) is 25.7 Å². The van der Waals surface area contributed by atoms with Gasteiger partial charge in [-0.1, -0.05) is 24.6 Å². The van der Waals surface area contributed by atoms with Gasteiger partial charge in [0, 0.05) is 12.2 Å². The van der Waals surface area contributed by atoms with Crippen molar-refractivity contribution in [2.75, 3.05) is 23.9 Å². The summed E-state index contributed by atoms with van der Waals surface area (Å²) in [6.07, 6.45) is 5.18. The topological polar surface area (TPSA) is 78.4 Å². The molecule has 0 radical (unpaired) electrons. The molecule has 116 valence electrons. The quantitative estimate of drug-likeness (QED) is 0.613. The van der Waals surface area contributed by atoms with Crippen LogP contribution < -0.4 is 10.6 Å². The summed E-state index contributed by atoms with van der Waals surface area (Å²) in [7, 11) is 0. The summed E-state index contributed by atoms with van der Waals surface area (Å²) in [5.41, 5.74) is 1.14. The molecule has 1 aromatic carbocycles. The van der Waals surface area contributed by atoms with E-state index in [0.29, 0.717) is 17.8 Å². The predicted octanol–water partition coefficient (Wildman–Crippen LogP) is 2.97. The molecule has 3 N–H and O–H groups in total. The minimum atomic E-state index is -0.918. The Morgan fingerprint density at radius 3 is 2.67 bits per heavy atom. The average Bonchev–Trinajstić information content (AvgIpc) is 2.44. The van der Waals surface area contributed by atoms with Gasteiger partial charge in [-0.15, -0.1) is 0 Å². The van der Waals surface area contributed by atoms with E-state index in [9.17, 15) is 9.59 Å². The lowest BCUT2D eigenvalue weighted by molar-refractivity contribution is -0.136. The molecule has 0 fully saturated rings. The van der Waals surface area contributed by atoms with Gasteiger partial charge >= 0.3 is 12.0 Å². The summed E-state index contributed by atoms with van der Waals surface area (Å²) >= 11 is 1.83. The third-order valence-corrected chi connectivity index (χ3v) is 3.61. The van der Waals surface area contributed by atoms with E-state index in [1.165, 1.54) is 0 Å². The zero-order valence-corrected chi connectivity index (χ0v) is 13.0. The highest BCUT2D eigenvalue weighted by Crippen LogP contribution is 2.15. The van der Waals surface area contributed by atoms with Crippen molar-refractivity contribution in [3.63, 3.8) is 0 Å². The third-order valence-electron chi connectivity index (χ3n) is 2.92. The van der Waals surface area contributed by atoms with Gasteiger partial charge in [0.25, 0.3) is 0 Å². The van der Waals surface area contributed by atoms with Crippen LogP contribution in [-0.4, -0.2) is 35.7 Å². The number of nitrogens with one attached hydrogen (secondary N) is 2. The molecule has 0 saturated heterocycles. The standard InChI is InChI=1S/C15H22N2O3S/c1-21-10-6-2-5-9-16-15(20)17-13-8-4-3-7-12(13)11-14(18)19/h3-4,7-8H,2,5-6,9-11H2,1H3,(H,18,19)(H2,16,17,20). The van der Waals surface area contributed by atoms with Gasteiger partial charge in [-0.05, 0) is 36.5 Å². The number of benzene rings is 1. The Hall–Kier alpha value is -1.69. The second-order valence-electron chi connectivity index (χ2n) is 4.66. The molecule has 0 bridgehead atoms. The van der Waals surface area contributed by atoms with E-state index in [-0.39, 0.29) is 12.5 Å². The molecule has 0 atom stereocenters. The molecule has 1 aromatic rings. The molecule has 2 amide bonds. The van der Waals surface area contributed by atoms with Gasteiger partial charge < -0.3 is 15.7 Å². The van der Waals surface area contributed by atoms with E-state index in [2.05, 4.69) is 16.9 Å². The number of hydrogen-bond acceptors (Lipinski definition) is 3. The van der Waals surface area contributed by atoms with Gasteiger partial charge in [-0.2, -0.15) is 11.8 Å². The lowest BCUT2D eigenvalue weighted by Gasteiger charge is -2.10. The Bertz CT molecular complexity index is 466. The lowest BCUT2D eigenvalue weighted by Crippen LogP contribution is -2.30. The van der Waals surface area contributed by atoms with Crippen molar-refractivity contribution in [3.05, 3.63) is 29.8 Å². The van der Waals surface area contributed by atoms with Crippen molar-refractivity contribution in [2.24, 2.45) is 0 Å². The molecule has 0 aromatic heterocycles. The fourth-order valence-electron chi connectivity index (χ4n) is 1.88. The number of unbranched alkanes of at least 4 members (excludes halogenated alkanes) is 2. The Morgan fingerprint density at radius 1 is 1.19 bits per heavy atom. The van der Waals surface area contributed by atoms with Crippen LogP contribution in [0.4, 0.5) is 10.5 Å². The molecule has 6 heteroatoms. The number of anilines is 1. The summed E-state index contributed by atoms with van der Waals surface area (Å²) in [5, 5.41) is 14.3. The molecule has 0 heterocycles. The second-order valence-corrected chi connectivity index (χ2v) is 5.65. The molecule has 0 saturated carbocycles. The zero-order chi connectivity index (χ0) is 15.5. The number of carboxylic acids is 1. The van der Waals surface area contributed by atoms with Crippen LogP contribution in [0.2, 0.25) is 0 Å². The molecule has 0 aliphatic carbocycles. The highest BCUT2D eigenvalue weighted by molar-refractivity contribution is 7.98. The van der Waals surface area contributed by atoms with Gasteiger partial charge in [0.15, 0.2) is 0 Å². The van der Waals surface area contributed by atoms with E-state index in [1.807, 2.05) is 11.8 Å². The third kappa shape index (κ3) is 7.60. The zero-order valence-electron chi connectivity index (χ0n) is 12.2. The van der Waals surface area contributed by atoms with Crippen molar-refractivity contribution in [3.8, 4) is 0 Å². The number of carbonyl (C=O) groups is 2. The van der Waals surface area contributed by atoms with Crippen LogP contribution in [0.25, 0.3) is 0 Å². The number of thioether (sulfide) groups is 1. The van der Waals surface area contributed by atoms with Crippen molar-refractivity contribution >= 4 is 29.4 Å².